The van der Waals surface area contributed by atoms with Crippen LogP contribution in [0, 0.1) is 6.92 Å². The Bertz CT molecular complexity index is 337. The van der Waals surface area contributed by atoms with Crippen molar-refractivity contribution in [2.24, 2.45) is 0 Å². The van der Waals surface area contributed by atoms with Crippen molar-refractivity contribution in [3.63, 3.8) is 0 Å². The summed E-state index contributed by atoms with van der Waals surface area (Å²) in [4.78, 5) is 10.8. The molecule has 88 valence electrons. The van der Waals surface area contributed by atoms with E-state index in [0.29, 0.717) is 17.9 Å². The van der Waals surface area contributed by atoms with Crippen LogP contribution in [0.4, 0.5) is 0 Å². The van der Waals surface area contributed by atoms with Gasteiger partial charge in [-0.2, -0.15) is 11.8 Å². The molecule has 0 aliphatic heterocycles. The van der Waals surface area contributed by atoms with Crippen molar-refractivity contribution in [3.05, 3.63) is 29.3 Å². The third-order valence-corrected chi connectivity index (χ3v) is 3.17. The number of aryl methyl sites for hydroxylation is 1. The molecule has 0 aliphatic rings. The van der Waals surface area contributed by atoms with Gasteiger partial charge in [-0.1, -0.05) is 18.6 Å². The monoisotopic (exact) mass is 238 g/mol. The van der Waals surface area contributed by atoms with Crippen molar-refractivity contribution in [1.29, 1.82) is 0 Å². The molecular weight excluding hydrogens is 220 g/mol. The van der Waals surface area contributed by atoms with Gasteiger partial charge in [0, 0.05) is 0 Å². The molecule has 0 spiro atoms. The van der Waals surface area contributed by atoms with Gasteiger partial charge in [-0.3, -0.25) is 4.79 Å². The first-order chi connectivity index (χ1) is 7.77. The lowest BCUT2D eigenvalue weighted by atomic mass is 10.1. The van der Waals surface area contributed by atoms with E-state index < -0.39 is 0 Å². The maximum atomic E-state index is 10.8. The van der Waals surface area contributed by atoms with Crippen LogP contribution in [0.5, 0.6) is 5.75 Å². The number of ether oxygens (including phenoxy) is 1. The summed E-state index contributed by atoms with van der Waals surface area (Å²) >= 11 is 1.91. The van der Waals surface area contributed by atoms with Gasteiger partial charge < -0.3 is 4.74 Å². The topological polar surface area (TPSA) is 26.3 Å². The van der Waals surface area contributed by atoms with Crippen LogP contribution in [-0.4, -0.2) is 24.4 Å². The molecule has 3 heteroatoms. The van der Waals surface area contributed by atoms with Crippen LogP contribution < -0.4 is 4.74 Å². The van der Waals surface area contributed by atoms with Gasteiger partial charge in [0.05, 0.1) is 12.2 Å². The molecule has 0 aromatic heterocycles. The van der Waals surface area contributed by atoms with Gasteiger partial charge in [0.2, 0.25) is 0 Å². The molecule has 0 amide bonds. The van der Waals surface area contributed by atoms with E-state index in [1.807, 2.05) is 36.9 Å². The van der Waals surface area contributed by atoms with Crippen molar-refractivity contribution in [3.8, 4) is 5.75 Å². The van der Waals surface area contributed by atoms with Crippen LogP contribution >= 0.6 is 11.8 Å². The first-order valence-electron chi connectivity index (χ1n) is 5.54. The fraction of sp³-hybridized carbons (Fsp3) is 0.462. The van der Waals surface area contributed by atoms with Gasteiger partial charge in [0.1, 0.15) is 5.75 Å². The van der Waals surface area contributed by atoms with Gasteiger partial charge in [-0.05, 0) is 37.0 Å². The first kappa shape index (κ1) is 13.1. The molecule has 0 N–H and O–H groups in total. The minimum atomic E-state index is 0.642. The predicted octanol–water partition coefficient (Wildman–Crippen LogP) is 3.33. The average Bonchev–Trinajstić information content (AvgIpc) is 2.30. The molecule has 0 saturated carbocycles. The van der Waals surface area contributed by atoms with Crippen LogP contribution in [0.15, 0.2) is 18.2 Å². The quantitative estimate of drug-likeness (QED) is 0.538. The van der Waals surface area contributed by atoms with E-state index in [1.165, 1.54) is 0 Å². The summed E-state index contributed by atoms with van der Waals surface area (Å²) in [7, 11) is 0. The maximum Gasteiger partial charge on any atom is 0.153 e. The Morgan fingerprint density at radius 3 is 2.94 bits per heavy atom. The number of thioether (sulfide) groups is 1. The molecule has 2 nitrogen and oxygen atoms in total. The highest BCUT2D eigenvalue weighted by atomic mass is 32.2. The molecule has 0 aliphatic carbocycles. The zero-order valence-corrected chi connectivity index (χ0v) is 10.7. The van der Waals surface area contributed by atoms with Crippen molar-refractivity contribution < 1.29 is 9.53 Å². The Hall–Kier alpha value is -0.960. The lowest BCUT2D eigenvalue weighted by Crippen LogP contribution is -2.01. The smallest absolute Gasteiger partial charge is 0.153 e. The summed E-state index contributed by atoms with van der Waals surface area (Å²) in [6.45, 7) is 4.79. The largest absolute Gasteiger partial charge is 0.493 e. The van der Waals surface area contributed by atoms with Crippen molar-refractivity contribution in [1.82, 2.24) is 0 Å². The van der Waals surface area contributed by atoms with Crippen LogP contribution in [0.25, 0.3) is 0 Å². The van der Waals surface area contributed by atoms with E-state index in [0.717, 1.165) is 29.8 Å². The van der Waals surface area contributed by atoms with Crippen LogP contribution in [0.3, 0.4) is 0 Å². The summed E-state index contributed by atoms with van der Waals surface area (Å²) in [5, 5.41) is 0. The molecular formula is C13H18O2S. The van der Waals surface area contributed by atoms with Crippen molar-refractivity contribution in [2.45, 2.75) is 20.3 Å². The molecule has 0 heterocycles. The molecule has 0 atom stereocenters. The van der Waals surface area contributed by atoms with E-state index in [1.54, 1.807) is 0 Å². The fourth-order valence-electron chi connectivity index (χ4n) is 1.38. The van der Waals surface area contributed by atoms with Gasteiger partial charge in [-0.15, -0.1) is 0 Å². The third-order valence-electron chi connectivity index (χ3n) is 2.19. The summed E-state index contributed by atoms with van der Waals surface area (Å²) in [6.07, 6.45) is 1.87. The molecule has 0 unspecified atom stereocenters. The minimum absolute atomic E-state index is 0.642. The zero-order chi connectivity index (χ0) is 11.8. The van der Waals surface area contributed by atoms with E-state index >= 15 is 0 Å². The summed E-state index contributed by atoms with van der Waals surface area (Å²) in [5.74, 6) is 2.95. The molecule has 0 radical (unpaired) electrons. The second kappa shape index (κ2) is 7.34. The fourth-order valence-corrected chi connectivity index (χ4v) is 1.99. The summed E-state index contributed by atoms with van der Waals surface area (Å²) < 4.78 is 5.59. The molecule has 1 rings (SSSR count). The van der Waals surface area contributed by atoms with Crippen molar-refractivity contribution >= 4 is 18.0 Å². The number of benzene rings is 1. The van der Waals surface area contributed by atoms with E-state index in [4.69, 9.17) is 4.74 Å². The predicted molar refractivity (Wildman–Crippen MR) is 69.7 cm³/mol. The SMILES string of the molecule is CCSCCCOc1ccc(C)cc1C=O. The Kier molecular flexibility index (Phi) is 6.01. The number of carbonyl (C=O) groups is 1. The van der Waals surface area contributed by atoms with Gasteiger partial charge >= 0.3 is 0 Å². The van der Waals surface area contributed by atoms with Crippen LogP contribution in [0.2, 0.25) is 0 Å². The maximum absolute atomic E-state index is 10.8. The molecule has 1 aromatic carbocycles. The second-order valence-electron chi connectivity index (χ2n) is 3.56. The van der Waals surface area contributed by atoms with E-state index in [9.17, 15) is 4.79 Å². The van der Waals surface area contributed by atoms with Gasteiger partial charge in [-0.25, -0.2) is 0 Å². The van der Waals surface area contributed by atoms with Gasteiger partial charge in [0.25, 0.3) is 0 Å². The summed E-state index contributed by atoms with van der Waals surface area (Å²) in [5.41, 5.74) is 1.72. The Balaban J connectivity index is 2.44. The van der Waals surface area contributed by atoms with Crippen molar-refractivity contribution in [2.75, 3.05) is 18.1 Å². The number of hydrogen-bond donors (Lipinski definition) is 0. The first-order valence-corrected chi connectivity index (χ1v) is 6.69. The molecule has 0 bridgehead atoms. The Morgan fingerprint density at radius 1 is 1.44 bits per heavy atom. The molecule has 0 fully saturated rings. The highest BCUT2D eigenvalue weighted by molar-refractivity contribution is 7.99. The van der Waals surface area contributed by atoms with Crippen LogP contribution in [-0.2, 0) is 0 Å². The zero-order valence-electron chi connectivity index (χ0n) is 9.86. The Labute approximate surface area is 101 Å². The highest BCUT2D eigenvalue weighted by Gasteiger charge is 2.02. The number of rotatable bonds is 7. The van der Waals surface area contributed by atoms with Gasteiger partial charge in [0.15, 0.2) is 6.29 Å². The van der Waals surface area contributed by atoms with E-state index in [2.05, 4.69) is 6.92 Å². The minimum Gasteiger partial charge on any atom is -0.493 e. The number of hydrogen-bond acceptors (Lipinski definition) is 3. The standard InChI is InChI=1S/C13H18O2S/c1-3-16-8-4-7-15-13-6-5-11(2)9-12(13)10-14/h5-6,9-10H,3-4,7-8H2,1-2H3. The number of aldehydes is 1. The lowest BCUT2D eigenvalue weighted by molar-refractivity contribution is 0.111. The molecule has 16 heavy (non-hydrogen) atoms. The highest BCUT2D eigenvalue weighted by Crippen LogP contribution is 2.18. The summed E-state index contributed by atoms with van der Waals surface area (Å²) in [6, 6.07) is 5.68. The number of carbonyl (C=O) groups excluding carboxylic acids is 1. The normalized spacial score (nSPS) is 10.1. The van der Waals surface area contributed by atoms with E-state index in [-0.39, 0.29) is 0 Å². The second-order valence-corrected chi connectivity index (χ2v) is 4.95. The Morgan fingerprint density at radius 2 is 2.25 bits per heavy atom. The molecule has 1 aromatic rings. The molecule has 0 saturated heterocycles. The lowest BCUT2D eigenvalue weighted by Gasteiger charge is -2.08. The average molecular weight is 238 g/mol. The van der Waals surface area contributed by atoms with Crippen LogP contribution in [0.1, 0.15) is 29.3 Å². The third kappa shape index (κ3) is 4.27.